The average molecular weight is 436 g/mol. The van der Waals surface area contributed by atoms with Crippen molar-refractivity contribution >= 4 is 5.71 Å². The highest BCUT2D eigenvalue weighted by Crippen LogP contribution is 2.46. The summed E-state index contributed by atoms with van der Waals surface area (Å²) in [5, 5.41) is 7.47. The molecule has 1 aromatic carbocycles. The Bertz CT molecular complexity index is 893. The zero-order valence-electron chi connectivity index (χ0n) is 19.5. The van der Waals surface area contributed by atoms with Crippen LogP contribution in [0.2, 0.25) is 0 Å². The second-order valence-electron chi connectivity index (χ2n) is 9.68. The molecule has 2 atom stereocenters. The number of benzene rings is 1. The lowest BCUT2D eigenvalue weighted by Crippen LogP contribution is -2.32. The van der Waals surface area contributed by atoms with E-state index < -0.39 is 0 Å². The predicted octanol–water partition coefficient (Wildman–Crippen LogP) is 7.20. The number of halogens is 1. The van der Waals surface area contributed by atoms with Crippen LogP contribution >= 0.6 is 0 Å². The lowest BCUT2D eigenvalue weighted by Gasteiger charge is -2.34. The van der Waals surface area contributed by atoms with Gasteiger partial charge in [0, 0.05) is 18.0 Å². The fourth-order valence-electron chi connectivity index (χ4n) is 5.69. The van der Waals surface area contributed by atoms with Crippen LogP contribution in [0.25, 0.3) is 0 Å². The summed E-state index contributed by atoms with van der Waals surface area (Å²) in [4.78, 5) is 0. The van der Waals surface area contributed by atoms with E-state index in [1.807, 2.05) is 0 Å². The van der Waals surface area contributed by atoms with E-state index in [0.717, 1.165) is 49.1 Å². The number of nitrogens with two attached hydrogens (primary N) is 1. The Morgan fingerprint density at radius 1 is 1.19 bits per heavy atom. The molecule has 0 aromatic heterocycles. The van der Waals surface area contributed by atoms with Crippen LogP contribution in [0.4, 0.5) is 4.39 Å². The summed E-state index contributed by atoms with van der Waals surface area (Å²) in [7, 11) is 0. The molecule has 32 heavy (non-hydrogen) atoms. The predicted molar refractivity (Wildman–Crippen MR) is 132 cm³/mol. The molecule has 0 bridgehead atoms. The van der Waals surface area contributed by atoms with Crippen molar-refractivity contribution in [3.8, 4) is 0 Å². The van der Waals surface area contributed by atoms with E-state index in [2.05, 4.69) is 54.9 Å². The van der Waals surface area contributed by atoms with Gasteiger partial charge in [-0.15, -0.1) is 0 Å². The number of hydrogen-bond acceptors (Lipinski definition) is 3. The van der Waals surface area contributed by atoms with E-state index >= 15 is 4.39 Å². The molecule has 1 saturated carbocycles. The molecule has 0 spiro atoms. The second-order valence-corrected chi connectivity index (χ2v) is 9.68. The van der Waals surface area contributed by atoms with Crippen LogP contribution in [0.1, 0.15) is 82.7 Å². The summed E-state index contributed by atoms with van der Waals surface area (Å²) in [5.41, 5.74) is 10.7. The average Bonchev–Trinajstić information content (AvgIpc) is 3.16. The minimum absolute atomic E-state index is 0.00322. The maximum Gasteiger partial charge on any atom is 0.126 e. The summed E-state index contributed by atoms with van der Waals surface area (Å²) in [5.74, 6) is 0.598. The van der Waals surface area contributed by atoms with Crippen molar-refractivity contribution < 1.29 is 4.39 Å². The lowest BCUT2D eigenvalue weighted by atomic mass is 9.78. The number of rotatable bonds is 8. The van der Waals surface area contributed by atoms with Gasteiger partial charge < -0.3 is 5.73 Å². The molecule has 2 N–H and O–H groups in total. The van der Waals surface area contributed by atoms with Crippen molar-refractivity contribution in [1.29, 1.82) is 0 Å². The molecule has 4 heteroatoms. The van der Waals surface area contributed by atoms with Crippen LogP contribution in [0.15, 0.2) is 70.8 Å². The van der Waals surface area contributed by atoms with Crippen molar-refractivity contribution in [2.75, 3.05) is 6.54 Å². The molecule has 3 nitrogen and oxygen atoms in total. The fraction of sp³-hybridized carbons (Fsp3) is 0.536. The molecule has 1 aromatic rings. The first-order chi connectivity index (χ1) is 15.6. The monoisotopic (exact) mass is 435 g/mol. The minimum Gasteiger partial charge on any atom is -0.403 e. The van der Waals surface area contributed by atoms with Gasteiger partial charge >= 0.3 is 0 Å². The van der Waals surface area contributed by atoms with Crippen LogP contribution in [-0.2, 0) is 0 Å². The van der Waals surface area contributed by atoms with Crippen LogP contribution in [0, 0.1) is 11.8 Å². The largest absolute Gasteiger partial charge is 0.403 e. The maximum atomic E-state index is 15.7. The normalized spacial score (nSPS) is 24.5. The fourth-order valence-corrected chi connectivity index (χ4v) is 5.69. The Morgan fingerprint density at radius 2 is 1.94 bits per heavy atom. The molecule has 172 valence electrons. The summed E-state index contributed by atoms with van der Waals surface area (Å²) in [6, 6.07) is 10.6. The molecule has 1 heterocycles. The van der Waals surface area contributed by atoms with Gasteiger partial charge in [0.2, 0.25) is 0 Å². The molecular formula is C28H38FN3. The highest BCUT2D eigenvalue weighted by Gasteiger charge is 2.42. The minimum atomic E-state index is -0.0674. The van der Waals surface area contributed by atoms with Gasteiger partial charge in [-0.2, -0.15) is 5.10 Å². The summed E-state index contributed by atoms with van der Waals surface area (Å²) < 4.78 is 15.7. The van der Waals surface area contributed by atoms with E-state index in [-0.39, 0.29) is 17.8 Å². The van der Waals surface area contributed by atoms with Crippen molar-refractivity contribution in [2.24, 2.45) is 22.7 Å². The summed E-state index contributed by atoms with van der Waals surface area (Å²) in [6.45, 7) is 6.90. The standard InChI is InChI=1S/C28H38FN3/c1-3-22-15-10-16-24(27(22)29)26-25(18-17-20(2)30)31-32(19-21-11-6-4-7-12-21)28(26)23-13-8-5-9-14-23/h5,8-9,13-14,16,21,26,28H,2-4,6-7,10-12,15,17-19,30H2,1H3. The van der Waals surface area contributed by atoms with E-state index in [1.54, 1.807) is 0 Å². The number of hydrogen-bond donors (Lipinski definition) is 1. The van der Waals surface area contributed by atoms with Gasteiger partial charge in [-0.05, 0) is 67.6 Å². The second kappa shape index (κ2) is 10.5. The molecular weight excluding hydrogens is 397 g/mol. The molecule has 1 fully saturated rings. The summed E-state index contributed by atoms with van der Waals surface area (Å²) >= 11 is 0. The maximum absolute atomic E-state index is 15.7. The topological polar surface area (TPSA) is 41.6 Å². The van der Waals surface area contributed by atoms with Gasteiger partial charge in [-0.3, -0.25) is 5.01 Å². The van der Waals surface area contributed by atoms with Crippen LogP contribution in [0.3, 0.4) is 0 Å². The number of allylic oxidation sites excluding steroid dienone is 4. The third kappa shape index (κ3) is 5.00. The smallest absolute Gasteiger partial charge is 0.126 e. The van der Waals surface area contributed by atoms with Crippen molar-refractivity contribution in [3.63, 3.8) is 0 Å². The molecule has 2 aliphatic carbocycles. The molecule has 0 saturated heterocycles. The van der Waals surface area contributed by atoms with E-state index in [1.165, 1.54) is 37.7 Å². The first-order valence-electron chi connectivity index (χ1n) is 12.5. The Hall–Kier alpha value is -2.36. The van der Waals surface area contributed by atoms with Crippen LogP contribution in [0.5, 0.6) is 0 Å². The Labute approximate surface area is 193 Å². The van der Waals surface area contributed by atoms with Gasteiger partial charge in [-0.25, -0.2) is 4.39 Å². The quantitative estimate of drug-likeness (QED) is 0.469. The zero-order valence-corrected chi connectivity index (χ0v) is 19.5. The Kier molecular flexibility index (Phi) is 7.49. The SMILES string of the molecule is C=C(N)CCC1=NN(CC2CCCCC2)C(c2ccccc2)C1C1=CCCC(CC)=C1F. The van der Waals surface area contributed by atoms with E-state index in [4.69, 9.17) is 10.8 Å². The molecule has 3 aliphatic rings. The highest BCUT2D eigenvalue weighted by atomic mass is 19.1. The Balaban J connectivity index is 1.73. The van der Waals surface area contributed by atoms with Crippen LogP contribution in [-0.4, -0.2) is 17.3 Å². The van der Waals surface area contributed by atoms with Gasteiger partial charge in [0.15, 0.2) is 0 Å². The number of hydrazone groups is 1. The van der Waals surface area contributed by atoms with Gasteiger partial charge in [0.25, 0.3) is 0 Å². The molecule has 0 radical (unpaired) electrons. The first-order valence-corrected chi connectivity index (χ1v) is 12.5. The molecule has 1 aliphatic heterocycles. The first kappa shape index (κ1) is 22.8. The lowest BCUT2D eigenvalue weighted by molar-refractivity contribution is 0.158. The molecule has 0 amide bonds. The van der Waals surface area contributed by atoms with Gasteiger partial charge in [0.05, 0.1) is 12.0 Å². The zero-order chi connectivity index (χ0) is 22.5. The third-order valence-corrected chi connectivity index (χ3v) is 7.40. The van der Waals surface area contributed by atoms with E-state index in [9.17, 15) is 0 Å². The molecule has 4 rings (SSSR count). The van der Waals surface area contributed by atoms with Crippen LogP contribution < -0.4 is 5.73 Å². The molecule has 2 unspecified atom stereocenters. The van der Waals surface area contributed by atoms with E-state index in [0.29, 0.717) is 18.0 Å². The van der Waals surface area contributed by atoms with Crippen molar-refractivity contribution in [3.05, 3.63) is 71.2 Å². The van der Waals surface area contributed by atoms with Crippen molar-refractivity contribution in [2.45, 2.75) is 77.2 Å². The third-order valence-electron chi connectivity index (χ3n) is 7.40. The van der Waals surface area contributed by atoms with Crippen molar-refractivity contribution in [1.82, 2.24) is 5.01 Å². The number of nitrogens with zero attached hydrogens (tertiary/aromatic N) is 2. The highest BCUT2D eigenvalue weighted by molar-refractivity contribution is 5.92. The van der Waals surface area contributed by atoms with Gasteiger partial charge in [-0.1, -0.05) is 69.2 Å². The summed E-state index contributed by atoms with van der Waals surface area (Å²) in [6.07, 6.45) is 12.6. The van der Waals surface area contributed by atoms with Gasteiger partial charge in [0.1, 0.15) is 5.83 Å². The Morgan fingerprint density at radius 3 is 2.62 bits per heavy atom.